The van der Waals surface area contributed by atoms with Gasteiger partial charge in [-0.05, 0) is 85.2 Å². The summed E-state index contributed by atoms with van der Waals surface area (Å²) in [5.41, 5.74) is -1.32. The van der Waals surface area contributed by atoms with Gasteiger partial charge in [0.1, 0.15) is 5.75 Å². The Bertz CT molecular complexity index is 1130. The highest BCUT2D eigenvalue weighted by Crippen LogP contribution is 2.44. The van der Waals surface area contributed by atoms with Crippen LogP contribution in [0.5, 0.6) is 5.75 Å². The molecule has 2 aromatic carbocycles. The van der Waals surface area contributed by atoms with Gasteiger partial charge in [-0.2, -0.15) is 13.2 Å². The van der Waals surface area contributed by atoms with Gasteiger partial charge in [0.25, 0.3) is 5.91 Å². The highest BCUT2D eigenvalue weighted by molar-refractivity contribution is 6.05. The van der Waals surface area contributed by atoms with Gasteiger partial charge in [0.2, 0.25) is 0 Å². The van der Waals surface area contributed by atoms with Gasteiger partial charge in [-0.1, -0.05) is 25.6 Å². The predicted octanol–water partition coefficient (Wildman–Crippen LogP) is 4.59. The minimum atomic E-state index is -4.53. The molecule has 2 aromatic rings. The van der Waals surface area contributed by atoms with Crippen LogP contribution in [-0.2, 0) is 6.18 Å². The van der Waals surface area contributed by atoms with Crippen molar-refractivity contribution in [2.45, 2.75) is 45.4 Å². The van der Waals surface area contributed by atoms with Gasteiger partial charge in [-0.15, -0.1) is 0 Å². The molecular weight excluding hydrogens is 431 g/mol. The summed E-state index contributed by atoms with van der Waals surface area (Å²) in [6.45, 7) is 9.84. The molecule has 4 nitrogen and oxygen atoms in total. The van der Waals surface area contributed by atoms with Crippen molar-refractivity contribution in [1.82, 2.24) is 0 Å². The molecule has 178 valence electrons. The van der Waals surface area contributed by atoms with Gasteiger partial charge in [0.05, 0.1) is 24.0 Å². The highest BCUT2D eigenvalue weighted by Gasteiger charge is 2.40. The number of hydrogen-bond acceptors (Lipinski definition) is 3. The average molecular weight is 462 g/mol. The first-order chi connectivity index (χ1) is 15.3. The lowest BCUT2D eigenvalue weighted by Gasteiger charge is -2.44. The number of alkyl halides is 3. The number of rotatable bonds is 6. The van der Waals surface area contributed by atoms with Crippen molar-refractivity contribution in [2.75, 3.05) is 12.4 Å². The molecule has 0 bridgehead atoms. The molecule has 7 heteroatoms. The Hall–Kier alpha value is -2.80. The average Bonchev–Trinajstić information content (AvgIpc) is 2.67. The number of anilines is 1. The van der Waals surface area contributed by atoms with Crippen LogP contribution in [0.25, 0.3) is 12.7 Å². The monoisotopic (exact) mass is 461 g/mol. The number of ether oxygens (including phenoxy) is 1. The van der Waals surface area contributed by atoms with Crippen LogP contribution < -0.4 is 20.5 Å². The van der Waals surface area contributed by atoms with Crippen LogP contribution in [-0.4, -0.2) is 23.7 Å². The highest BCUT2D eigenvalue weighted by atomic mass is 19.4. The number of hydrogen-bond donors (Lipinski definition) is 2. The first-order valence-electron chi connectivity index (χ1n) is 10.9. The normalized spacial score (nSPS) is 20.2. The quantitative estimate of drug-likeness (QED) is 0.662. The van der Waals surface area contributed by atoms with E-state index >= 15 is 0 Å². The van der Waals surface area contributed by atoms with Crippen LogP contribution >= 0.6 is 0 Å². The van der Waals surface area contributed by atoms with Crippen molar-refractivity contribution in [3.63, 3.8) is 0 Å². The number of carbonyl (C=O) groups excluding carboxylic acids is 1. The van der Waals surface area contributed by atoms with Crippen molar-refractivity contribution in [1.29, 1.82) is 0 Å². The van der Waals surface area contributed by atoms with Gasteiger partial charge in [0.15, 0.2) is 0 Å². The number of halogens is 3. The summed E-state index contributed by atoms with van der Waals surface area (Å²) in [5, 5.41) is 14.4. The number of aliphatic hydroxyl groups is 1. The van der Waals surface area contributed by atoms with Gasteiger partial charge in [-0.25, -0.2) is 0 Å². The van der Waals surface area contributed by atoms with Crippen molar-refractivity contribution in [3.05, 3.63) is 58.0 Å². The van der Waals surface area contributed by atoms with Gasteiger partial charge in [-0.3, -0.25) is 4.79 Å². The molecule has 33 heavy (non-hydrogen) atoms. The van der Waals surface area contributed by atoms with E-state index in [-0.39, 0.29) is 17.4 Å². The molecule has 2 N–H and O–H groups in total. The molecule has 1 amide bonds. The molecule has 0 radical (unpaired) electrons. The Balaban J connectivity index is 1.85. The zero-order valence-electron chi connectivity index (χ0n) is 19.3. The molecule has 1 fully saturated rings. The Labute approximate surface area is 191 Å². The van der Waals surface area contributed by atoms with E-state index in [2.05, 4.69) is 24.9 Å². The Morgan fingerprint density at radius 1 is 1.24 bits per heavy atom. The van der Waals surface area contributed by atoms with Gasteiger partial charge < -0.3 is 15.2 Å². The number of methoxy groups -OCH3 is 1. The third-order valence-electron chi connectivity index (χ3n) is 6.52. The van der Waals surface area contributed by atoms with Crippen LogP contribution in [0.3, 0.4) is 0 Å². The zero-order valence-corrected chi connectivity index (χ0v) is 19.3. The Morgan fingerprint density at radius 2 is 1.91 bits per heavy atom. The minimum absolute atomic E-state index is 0.100. The van der Waals surface area contributed by atoms with E-state index in [1.807, 2.05) is 13.8 Å². The Morgan fingerprint density at radius 3 is 2.48 bits per heavy atom. The van der Waals surface area contributed by atoms with Crippen molar-refractivity contribution >= 4 is 24.2 Å². The molecule has 3 rings (SSSR count). The second-order valence-electron chi connectivity index (χ2n) is 9.39. The van der Waals surface area contributed by atoms with Crippen molar-refractivity contribution < 1.29 is 27.8 Å². The summed E-state index contributed by atoms with van der Waals surface area (Å²) in [6.07, 6.45) is -0.591. The molecule has 1 unspecified atom stereocenters. The lowest BCUT2D eigenvalue weighted by Crippen LogP contribution is -2.42. The number of nitrogens with one attached hydrogen (secondary N) is 1. The predicted molar refractivity (Wildman–Crippen MR) is 123 cm³/mol. The molecule has 0 aliphatic heterocycles. The van der Waals surface area contributed by atoms with E-state index in [4.69, 9.17) is 4.74 Å². The standard InChI is InChI=1S/C26H30F3NO3/c1-15(19-12-21(13-19)25(3,4)32)9-18-14-22(23(33-5)10-16(18)2)30-24(31)17-7-6-8-20(11-17)26(27,28)29/h6-11,14-15,19,21,32H,2,12-13H2,1,3-5H3,(H,30,31)/b18-9-/t15?,19-,21-. The fourth-order valence-electron chi connectivity index (χ4n) is 4.18. The van der Waals surface area contributed by atoms with E-state index in [1.54, 1.807) is 12.1 Å². The number of amides is 1. The third-order valence-corrected chi connectivity index (χ3v) is 6.52. The zero-order chi connectivity index (χ0) is 24.6. The van der Waals surface area contributed by atoms with Crippen LogP contribution in [0.1, 0.15) is 49.5 Å². The third kappa shape index (κ3) is 5.77. The summed E-state index contributed by atoms with van der Waals surface area (Å²) in [4.78, 5) is 12.7. The molecule has 1 atom stereocenters. The fraction of sp³-hybridized carbons (Fsp3) is 0.423. The molecule has 0 heterocycles. The number of benzene rings is 2. The van der Waals surface area contributed by atoms with Crippen molar-refractivity contribution in [2.24, 2.45) is 17.8 Å². The lowest BCUT2D eigenvalue weighted by atomic mass is 9.63. The van der Waals surface area contributed by atoms with Gasteiger partial charge >= 0.3 is 6.18 Å². The first kappa shape index (κ1) is 24.8. The molecule has 0 aromatic heterocycles. The van der Waals surface area contributed by atoms with Crippen LogP contribution in [0.2, 0.25) is 0 Å². The van der Waals surface area contributed by atoms with E-state index < -0.39 is 23.2 Å². The van der Waals surface area contributed by atoms with Crippen LogP contribution in [0.4, 0.5) is 18.9 Å². The summed E-state index contributed by atoms with van der Waals surface area (Å²) in [7, 11) is 1.45. The fourth-order valence-corrected chi connectivity index (χ4v) is 4.18. The molecule has 1 aliphatic rings. The molecule has 0 spiro atoms. The van der Waals surface area contributed by atoms with E-state index in [0.29, 0.717) is 22.6 Å². The molecule has 0 saturated heterocycles. The van der Waals surface area contributed by atoms with Crippen LogP contribution in [0.15, 0.2) is 36.4 Å². The maximum Gasteiger partial charge on any atom is 0.416 e. The lowest BCUT2D eigenvalue weighted by molar-refractivity contribution is -0.137. The molecule has 1 aliphatic carbocycles. The van der Waals surface area contributed by atoms with Crippen molar-refractivity contribution in [3.8, 4) is 5.75 Å². The van der Waals surface area contributed by atoms with E-state index in [9.17, 15) is 23.1 Å². The second-order valence-corrected chi connectivity index (χ2v) is 9.39. The minimum Gasteiger partial charge on any atom is -0.495 e. The summed E-state index contributed by atoms with van der Waals surface area (Å²) >= 11 is 0. The topological polar surface area (TPSA) is 58.6 Å². The maximum absolute atomic E-state index is 13.0. The van der Waals surface area contributed by atoms with E-state index in [1.165, 1.54) is 19.2 Å². The summed E-state index contributed by atoms with van der Waals surface area (Å²) in [5.74, 6) is 0.643. The van der Waals surface area contributed by atoms with E-state index in [0.717, 1.165) is 30.2 Å². The molecular formula is C26H30F3NO3. The van der Waals surface area contributed by atoms with Crippen LogP contribution in [0, 0.1) is 17.8 Å². The van der Waals surface area contributed by atoms with Gasteiger partial charge in [0, 0.05) is 5.56 Å². The maximum atomic E-state index is 13.0. The largest absolute Gasteiger partial charge is 0.495 e. The molecule has 1 saturated carbocycles. The second kappa shape index (κ2) is 9.21. The SMILES string of the molecule is C=c1cc(OC)c(NC(=O)c2cccc(C(F)(F)F)c2)c/c1=C/C(C)[C@H]1C[C@H](C(C)(C)O)C1. The Kier molecular flexibility index (Phi) is 6.93. The number of carbonyl (C=O) groups is 1. The smallest absolute Gasteiger partial charge is 0.416 e. The summed E-state index contributed by atoms with van der Waals surface area (Å²) < 4.78 is 44.4. The summed E-state index contributed by atoms with van der Waals surface area (Å²) in [6, 6.07) is 7.71. The first-order valence-corrected chi connectivity index (χ1v) is 10.9.